The third-order valence-corrected chi connectivity index (χ3v) is 2.60. The molecule has 70 valence electrons. The van der Waals surface area contributed by atoms with Crippen molar-refractivity contribution in [1.82, 2.24) is 9.91 Å². The summed E-state index contributed by atoms with van der Waals surface area (Å²) >= 11 is 0. The van der Waals surface area contributed by atoms with E-state index in [2.05, 4.69) is 0 Å². The van der Waals surface area contributed by atoms with Gasteiger partial charge in [-0.3, -0.25) is 10.7 Å². The smallest absolute Gasteiger partial charge is 0.262 e. The highest BCUT2D eigenvalue weighted by atomic mass is 19.3. The van der Waals surface area contributed by atoms with E-state index < -0.39 is 5.92 Å². The molecule has 2 fully saturated rings. The molecule has 5 heteroatoms. The average Bonchev–Trinajstić information content (AvgIpc) is 2.21. The van der Waals surface area contributed by atoms with Gasteiger partial charge in [0.05, 0.1) is 6.54 Å². The largest absolute Gasteiger partial charge is 0.292 e. The minimum absolute atomic E-state index is 0.0271. The van der Waals surface area contributed by atoms with Crippen molar-refractivity contribution in [2.75, 3.05) is 26.2 Å². The molecule has 2 N–H and O–H groups in total. The predicted octanol–water partition coefficient (Wildman–Crippen LogP) is -0.115. The van der Waals surface area contributed by atoms with Crippen LogP contribution in [0.5, 0.6) is 0 Å². The molecule has 2 saturated heterocycles. The zero-order chi connectivity index (χ0) is 8.77. The standard InChI is InChI=1S/C7H13F2N3/c8-7(9)3-6-4-12(10)2-1-11(6)5-7/h6H,1-5,10H2/t6-/m1/s1. The van der Waals surface area contributed by atoms with Crippen LogP contribution < -0.4 is 5.84 Å². The summed E-state index contributed by atoms with van der Waals surface area (Å²) in [4.78, 5) is 1.84. The average molecular weight is 177 g/mol. The molecule has 2 aliphatic heterocycles. The third kappa shape index (κ3) is 1.44. The van der Waals surface area contributed by atoms with Crippen LogP contribution in [0.15, 0.2) is 0 Å². The third-order valence-electron chi connectivity index (χ3n) is 2.60. The van der Waals surface area contributed by atoms with Crippen molar-refractivity contribution < 1.29 is 8.78 Å². The second kappa shape index (κ2) is 2.61. The maximum absolute atomic E-state index is 12.9. The van der Waals surface area contributed by atoms with Crippen molar-refractivity contribution >= 4 is 0 Å². The maximum atomic E-state index is 12.9. The van der Waals surface area contributed by atoms with Crippen LogP contribution in [0.1, 0.15) is 6.42 Å². The van der Waals surface area contributed by atoms with Gasteiger partial charge in [-0.1, -0.05) is 0 Å². The van der Waals surface area contributed by atoms with E-state index in [0.717, 1.165) is 0 Å². The van der Waals surface area contributed by atoms with Crippen molar-refractivity contribution in [3.8, 4) is 0 Å². The monoisotopic (exact) mass is 177 g/mol. The lowest BCUT2D eigenvalue weighted by atomic mass is 10.1. The molecule has 2 rings (SSSR count). The zero-order valence-electron chi connectivity index (χ0n) is 6.84. The van der Waals surface area contributed by atoms with E-state index in [1.165, 1.54) is 0 Å². The van der Waals surface area contributed by atoms with Crippen molar-refractivity contribution in [3.05, 3.63) is 0 Å². The van der Waals surface area contributed by atoms with Crippen LogP contribution in [0.25, 0.3) is 0 Å². The van der Waals surface area contributed by atoms with E-state index in [1.807, 2.05) is 4.90 Å². The Labute approximate surface area is 70.1 Å². The Morgan fingerprint density at radius 1 is 1.33 bits per heavy atom. The molecule has 3 nitrogen and oxygen atoms in total. The molecule has 0 aliphatic carbocycles. The highest BCUT2D eigenvalue weighted by molar-refractivity contribution is 4.93. The van der Waals surface area contributed by atoms with Gasteiger partial charge < -0.3 is 0 Å². The van der Waals surface area contributed by atoms with Crippen LogP contribution in [0.3, 0.4) is 0 Å². The van der Waals surface area contributed by atoms with Gasteiger partial charge in [-0.05, 0) is 0 Å². The quantitative estimate of drug-likeness (QED) is 0.524. The molecule has 0 aromatic carbocycles. The summed E-state index contributed by atoms with van der Waals surface area (Å²) in [5, 5.41) is 1.63. The molecule has 1 atom stereocenters. The summed E-state index contributed by atoms with van der Waals surface area (Å²) in [5.41, 5.74) is 0. The fourth-order valence-electron chi connectivity index (χ4n) is 2.03. The first-order valence-corrected chi connectivity index (χ1v) is 4.18. The lowest BCUT2D eigenvalue weighted by Gasteiger charge is -2.34. The summed E-state index contributed by atoms with van der Waals surface area (Å²) in [6.45, 7) is 1.88. The van der Waals surface area contributed by atoms with E-state index in [4.69, 9.17) is 5.84 Å². The highest BCUT2D eigenvalue weighted by Gasteiger charge is 2.46. The molecule has 0 aromatic heterocycles. The van der Waals surface area contributed by atoms with Crippen LogP contribution in [0.2, 0.25) is 0 Å². The Balaban J connectivity index is 2.02. The molecule has 0 bridgehead atoms. The van der Waals surface area contributed by atoms with Crippen molar-refractivity contribution in [2.45, 2.75) is 18.4 Å². The summed E-state index contributed by atoms with van der Waals surface area (Å²) in [6.07, 6.45) is -0.0271. The van der Waals surface area contributed by atoms with Gasteiger partial charge in [-0.15, -0.1) is 0 Å². The highest BCUT2D eigenvalue weighted by Crippen LogP contribution is 2.33. The summed E-state index contributed by atoms with van der Waals surface area (Å²) < 4.78 is 25.7. The molecular weight excluding hydrogens is 164 g/mol. The minimum Gasteiger partial charge on any atom is -0.292 e. The molecule has 2 heterocycles. The van der Waals surface area contributed by atoms with Crippen molar-refractivity contribution in [3.63, 3.8) is 0 Å². The Hall–Kier alpha value is -0.260. The number of fused-ring (bicyclic) bond motifs is 1. The minimum atomic E-state index is -2.49. The maximum Gasteiger partial charge on any atom is 0.262 e. The van der Waals surface area contributed by atoms with Crippen LogP contribution in [0, 0.1) is 0 Å². The first-order valence-electron chi connectivity index (χ1n) is 4.18. The van der Waals surface area contributed by atoms with Gasteiger partial charge in [-0.2, -0.15) is 0 Å². The van der Waals surface area contributed by atoms with Gasteiger partial charge in [0.25, 0.3) is 5.92 Å². The number of hydrogen-bond acceptors (Lipinski definition) is 3. The normalized spacial score (nSPS) is 36.8. The van der Waals surface area contributed by atoms with E-state index in [1.54, 1.807) is 5.01 Å². The molecule has 0 amide bonds. The number of piperazine rings is 1. The second-order valence-electron chi connectivity index (χ2n) is 3.68. The molecule has 0 spiro atoms. The van der Waals surface area contributed by atoms with Crippen molar-refractivity contribution in [1.29, 1.82) is 0 Å². The van der Waals surface area contributed by atoms with Crippen LogP contribution in [-0.4, -0.2) is 48.1 Å². The Morgan fingerprint density at radius 3 is 2.83 bits per heavy atom. The lowest BCUT2D eigenvalue weighted by Crippen LogP contribution is -2.52. The Bertz CT molecular complexity index is 185. The fraction of sp³-hybridized carbons (Fsp3) is 1.00. The number of hydrazine groups is 1. The second-order valence-corrected chi connectivity index (χ2v) is 3.68. The number of nitrogens with zero attached hydrogens (tertiary/aromatic N) is 2. The number of nitrogens with two attached hydrogens (primary N) is 1. The van der Waals surface area contributed by atoms with E-state index in [0.29, 0.717) is 19.6 Å². The molecule has 0 aromatic rings. The first-order chi connectivity index (χ1) is 5.57. The molecule has 0 unspecified atom stereocenters. The van der Waals surface area contributed by atoms with E-state index in [9.17, 15) is 8.78 Å². The summed E-state index contributed by atoms with van der Waals surface area (Å²) in [6, 6.07) is -0.0289. The van der Waals surface area contributed by atoms with Gasteiger partial charge in [0.2, 0.25) is 0 Å². The molecule has 2 aliphatic rings. The predicted molar refractivity (Wildman–Crippen MR) is 40.7 cm³/mol. The number of alkyl halides is 2. The van der Waals surface area contributed by atoms with Gasteiger partial charge in [0.15, 0.2) is 0 Å². The number of rotatable bonds is 0. The van der Waals surface area contributed by atoms with Crippen molar-refractivity contribution in [2.24, 2.45) is 5.84 Å². The van der Waals surface area contributed by atoms with Crippen LogP contribution in [-0.2, 0) is 0 Å². The number of halogens is 2. The fourth-order valence-corrected chi connectivity index (χ4v) is 2.03. The van der Waals surface area contributed by atoms with E-state index in [-0.39, 0.29) is 19.0 Å². The molecular formula is C7H13F2N3. The van der Waals surface area contributed by atoms with Gasteiger partial charge in [0.1, 0.15) is 0 Å². The van der Waals surface area contributed by atoms with Gasteiger partial charge >= 0.3 is 0 Å². The Morgan fingerprint density at radius 2 is 2.08 bits per heavy atom. The van der Waals surface area contributed by atoms with E-state index >= 15 is 0 Å². The van der Waals surface area contributed by atoms with Gasteiger partial charge in [0, 0.05) is 32.1 Å². The SMILES string of the molecule is NN1CCN2CC(F)(F)C[C@@H]2C1. The van der Waals surface area contributed by atoms with Crippen LogP contribution >= 0.6 is 0 Å². The summed E-state index contributed by atoms with van der Waals surface area (Å²) in [5.74, 6) is 3.05. The zero-order valence-corrected chi connectivity index (χ0v) is 6.84. The molecule has 0 radical (unpaired) electrons. The molecule has 12 heavy (non-hydrogen) atoms. The van der Waals surface area contributed by atoms with Gasteiger partial charge in [-0.25, -0.2) is 13.8 Å². The number of hydrogen-bond donors (Lipinski definition) is 1. The summed E-state index contributed by atoms with van der Waals surface area (Å²) in [7, 11) is 0. The lowest BCUT2D eigenvalue weighted by molar-refractivity contribution is 0.0120. The molecule has 0 saturated carbocycles. The Kier molecular flexibility index (Phi) is 1.82. The first kappa shape index (κ1) is 8.34. The topological polar surface area (TPSA) is 32.5 Å². The van der Waals surface area contributed by atoms with Crippen LogP contribution in [0.4, 0.5) is 8.78 Å².